The normalized spacial score (nSPS) is 24.6. The van der Waals surface area contributed by atoms with Gasteiger partial charge in [-0.15, -0.1) is 0 Å². The maximum Gasteiger partial charge on any atom is 0.339 e. The maximum atomic E-state index is 12.3. The second kappa shape index (κ2) is 10.5. The third-order valence-corrected chi connectivity index (χ3v) is 4.13. The molecule has 13 nitrogen and oxygen atoms in total. The Morgan fingerprint density at radius 1 is 0.875 bits per heavy atom. The highest BCUT2D eigenvalue weighted by Crippen LogP contribution is 2.31. The number of carbonyl (C=O) groups excluding carboxylic acids is 4. The Hall–Kier alpha value is -3.74. The minimum absolute atomic E-state index is 0.0499. The van der Waals surface area contributed by atoms with Gasteiger partial charge in [0.2, 0.25) is 12.4 Å². The molecule has 174 valence electrons. The van der Waals surface area contributed by atoms with Gasteiger partial charge < -0.3 is 28.4 Å². The molecule has 1 aromatic rings. The summed E-state index contributed by atoms with van der Waals surface area (Å²) < 4.78 is 31.4. The second-order valence-corrected chi connectivity index (χ2v) is 6.54. The van der Waals surface area contributed by atoms with E-state index in [9.17, 15) is 29.3 Å². The first-order chi connectivity index (χ1) is 15.0. The predicted octanol–water partition coefficient (Wildman–Crippen LogP) is 0.667. The predicted molar refractivity (Wildman–Crippen MR) is 101 cm³/mol. The van der Waals surface area contributed by atoms with Crippen molar-refractivity contribution in [1.29, 1.82) is 0 Å². The largest absolute Gasteiger partial charge is 0.467 e. The van der Waals surface area contributed by atoms with E-state index in [1.807, 2.05) is 0 Å². The van der Waals surface area contributed by atoms with E-state index in [1.54, 1.807) is 0 Å². The standard InChI is InChI=1S/C19H21NO12/c1-9(21)28-14-15(29-10(2)22)17(30-11(3)23)19(32-16(14)18(24)27-4)31-13-7-5-12(6-8-13)20(25)26/h5-8,14-17,19H,1-4H3/t14-,15+,16+,17+,19+/m0/s1. The van der Waals surface area contributed by atoms with E-state index < -0.39 is 59.5 Å². The van der Waals surface area contributed by atoms with E-state index in [2.05, 4.69) is 4.74 Å². The van der Waals surface area contributed by atoms with Crippen molar-refractivity contribution in [2.75, 3.05) is 7.11 Å². The number of nitrogens with zero attached hydrogens (tertiary/aromatic N) is 1. The van der Waals surface area contributed by atoms with Gasteiger partial charge in [0, 0.05) is 32.9 Å². The van der Waals surface area contributed by atoms with Crippen molar-refractivity contribution < 1.29 is 52.5 Å². The van der Waals surface area contributed by atoms with Crippen LogP contribution < -0.4 is 4.74 Å². The molecule has 1 heterocycles. The quantitative estimate of drug-likeness (QED) is 0.244. The fourth-order valence-electron chi connectivity index (χ4n) is 2.96. The molecule has 1 aliphatic rings. The lowest BCUT2D eigenvalue weighted by Crippen LogP contribution is -2.64. The van der Waals surface area contributed by atoms with E-state index in [1.165, 1.54) is 12.1 Å². The van der Waals surface area contributed by atoms with E-state index >= 15 is 0 Å². The Kier molecular flexibility index (Phi) is 8.07. The SMILES string of the molecule is COC(=O)[C@@H]1O[C@@H](Oc2ccc([N+](=O)[O-])cc2)[C@H](OC(C)=O)[C@H](OC(C)=O)[C@@H]1OC(C)=O. The Bertz CT molecular complexity index is 883. The minimum atomic E-state index is -1.61. The third kappa shape index (κ3) is 6.14. The lowest BCUT2D eigenvalue weighted by molar-refractivity contribution is -0.384. The van der Waals surface area contributed by atoms with Crippen LogP contribution >= 0.6 is 0 Å². The van der Waals surface area contributed by atoms with Gasteiger partial charge >= 0.3 is 23.9 Å². The summed E-state index contributed by atoms with van der Waals surface area (Å²) in [7, 11) is 1.06. The molecule has 2 rings (SSSR count). The van der Waals surface area contributed by atoms with Crippen molar-refractivity contribution in [2.45, 2.75) is 51.5 Å². The molecule has 0 saturated carbocycles. The van der Waals surface area contributed by atoms with Crippen LogP contribution in [0.5, 0.6) is 5.75 Å². The molecule has 5 atom stereocenters. The minimum Gasteiger partial charge on any atom is -0.467 e. The Morgan fingerprint density at radius 3 is 1.84 bits per heavy atom. The molecule has 0 amide bonds. The van der Waals surface area contributed by atoms with E-state index in [0.717, 1.165) is 40.0 Å². The zero-order valence-electron chi connectivity index (χ0n) is 17.5. The average molecular weight is 455 g/mol. The molecule has 0 unspecified atom stereocenters. The summed E-state index contributed by atoms with van der Waals surface area (Å²) in [5, 5.41) is 10.8. The van der Waals surface area contributed by atoms with Crippen LogP contribution in [0.2, 0.25) is 0 Å². The molecule has 1 aromatic carbocycles. The molecule has 0 spiro atoms. The molecule has 0 aromatic heterocycles. The summed E-state index contributed by atoms with van der Waals surface area (Å²) in [6.45, 7) is 3.19. The van der Waals surface area contributed by atoms with Gasteiger partial charge in [-0.05, 0) is 12.1 Å². The molecule has 1 saturated heterocycles. The number of nitro groups is 1. The van der Waals surface area contributed by atoms with Crippen LogP contribution in [0.3, 0.4) is 0 Å². The number of ether oxygens (including phenoxy) is 6. The van der Waals surface area contributed by atoms with Crippen LogP contribution in [0.1, 0.15) is 20.8 Å². The van der Waals surface area contributed by atoms with Crippen LogP contribution in [0.4, 0.5) is 5.69 Å². The van der Waals surface area contributed by atoms with Gasteiger partial charge in [0.1, 0.15) is 5.75 Å². The second-order valence-electron chi connectivity index (χ2n) is 6.54. The molecule has 0 aliphatic carbocycles. The summed E-state index contributed by atoms with van der Waals surface area (Å²) in [5.41, 5.74) is -0.210. The van der Waals surface area contributed by atoms with Crippen molar-refractivity contribution in [2.24, 2.45) is 0 Å². The van der Waals surface area contributed by atoms with Crippen molar-refractivity contribution in [1.82, 2.24) is 0 Å². The van der Waals surface area contributed by atoms with Gasteiger partial charge in [-0.2, -0.15) is 0 Å². The van der Waals surface area contributed by atoms with Gasteiger partial charge in [0.25, 0.3) is 5.69 Å². The number of hydrogen-bond donors (Lipinski definition) is 0. The highest BCUT2D eigenvalue weighted by molar-refractivity contribution is 5.77. The third-order valence-electron chi connectivity index (χ3n) is 4.13. The lowest BCUT2D eigenvalue weighted by Gasteiger charge is -2.43. The molecule has 32 heavy (non-hydrogen) atoms. The summed E-state index contributed by atoms with van der Waals surface area (Å²) in [6.07, 6.45) is -7.65. The number of methoxy groups -OCH3 is 1. The zero-order valence-corrected chi connectivity index (χ0v) is 17.5. The van der Waals surface area contributed by atoms with Crippen LogP contribution in [-0.2, 0) is 42.9 Å². The monoisotopic (exact) mass is 455 g/mol. The van der Waals surface area contributed by atoms with Gasteiger partial charge in [-0.1, -0.05) is 0 Å². The van der Waals surface area contributed by atoms with Crippen LogP contribution in [0, 0.1) is 10.1 Å². The first-order valence-corrected chi connectivity index (χ1v) is 9.19. The Morgan fingerprint density at radius 2 is 1.38 bits per heavy atom. The lowest BCUT2D eigenvalue weighted by atomic mass is 9.97. The molecule has 0 radical (unpaired) electrons. The molecule has 1 aliphatic heterocycles. The number of rotatable bonds is 7. The fraction of sp³-hybridized carbons (Fsp3) is 0.474. The average Bonchev–Trinajstić information content (AvgIpc) is 2.70. The summed E-state index contributed by atoms with van der Waals surface area (Å²) in [4.78, 5) is 57.6. The Balaban J connectivity index is 2.47. The summed E-state index contributed by atoms with van der Waals surface area (Å²) >= 11 is 0. The first-order valence-electron chi connectivity index (χ1n) is 9.19. The van der Waals surface area contributed by atoms with Crippen molar-refractivity contribution in [3.63, 3.8) is 0 Å². The van der Waals surface area contributed by atoms with Crippen molar-refractivity contribution in [3.8, 4) is 5.75 Å². The van der Waals surface area contributed by atoms with Crippen molar-refractivity contribution in [3.05, 3.63) is 34.4 Å². The van der Waals surface area contributed by atoms with E-state index in [0.29, 0.717) is 0 Å². The van der Waals surface area contributed by atoms with Crippen LogP contribution in [0.15, 0.2) is 24.3 Å². The number of non-ortho nitro benzene ring substituents is 1. The number of hydrogen-bond acceptors (Lipinski definition) is 12. The number of esters is 4. The molecule has 0 bridgehead atoms. The van der Waals surface area contributed by atoms with Crippen LogP contribution in [-0.4, -0.2) is 66.6 Å². The van der Waals surface area contributed by atoms with Gasteiger partial charge in [-0.25, -0.2) is 4.79 Å². The molecule has 1 fully saturated rings. The smallest absolute Gasteiger partial charge is 0.339 e. The Labute approximate surface area is 181 Å². The molecule has 0 N–H and O–H groups in total. The maximum absolute atomic E-state index is 12.3. The summed E-state index contributed by atoms with van der Waals surface area (Å²) in [5.74, 6) is -3.41. The van der Waals surface area contributed by atoms with Gasteiger partial charge in [0.05, 0.1) is 12.0 Å². The highest BCUT2D eigenvalue weighted by Gasteiger charge is 2.55. The van der Waals surface area contributed by atoms with Gasteiger partial charge in [0.15, 0.2) is 18.3 Å². The van der Waals surface area contributed by atoms with Gasteiger partial charge in [-0.3, -0.25) is 24.5 Å². The van der Waals surface area contributed by atoms with Crippen LogP contribution in [0.25, 0.3) is 0 Å². The zero-order chi connectivity index (χ0) is 24.0. The topological polar surface area (TPSA) is 167 Å². The van der Waals surface area contributed by atoms with E-state index in [-0.39, 0.29) is 11.4 Å². The number of carbonyl (C=O) groups is 4. The molecular weight excluding hydrogens is 434 g/mol. The van der Waals surface area contributed by atoms with E-state index in [4.69, 9.17) is 23.7 Å². The molecular formula is C19H21NO12. The first kappa shape index (κ1) is 24.5. The fourth-order valence-corrected chi connectivity index (χ4v) is 2.96. The number of nitro benzene ring substituents is 1. The highest BCUT2D eigenvalue weighted by atomic mass is 16.7. The molecule has 13 heteroatoms. The van der Waals surface area contributed by atoms with Crippen molar-refractivity contribution >= 4 is 29.6 Å². The summed E-state index contributed by atoms with van der Waals surface area (Å²) in [6, 6.07) is 4.81. The number of benzene rings is 1.